The number of nitrogens with one attached hydrogen (secondary N) is 1. The Labute approximate surface area is 126 Å². The highest BCUT2D eigenvalue weighted by molar-refractivity contribution is 5.80. The number of carbonyl (C=O) groups is 1. The van der Waals surface area contributed by atoms with E-state index in [2.05, 4.69) is 25.2 Å². The van der Waals surface area contributed by atoms with Gasteiger partial charge in [0.15, 0.2) is 0 Å². The van der Waals surface area contributed by atoms with Gasteiger partial charge < -0.3 is 16.0 Å². The Morgan fingerprint density at radius 2 is 2.19 bits per heavy atom. The second-order valence-electron chi connectivity index (χ2n) is 5.47. The lowest BCUT2D eigenvalue weighted by Crippen LogP contribution is -2.34. The summed E-state index contributed by atoms with van der Waals surface area (Å²) in [6.45, 7) is 8.65. The van der Waals surface area contributed by atoms with Gasteiger partial charge in [-0.05, 0) is 37.1 Å². The predicted octanol–water partition coefficient (Wildman–Crippen LogP) is 1.62. The minimum Gasteiger partial charge on any atom is -0.368 e. The van der Waals surface area contributed by atoms with E-state index in [0.717, 1.165) is 24.3 Å². The highest BCUT2D eigenvalue weighted by Gasteiger charge is 2.12. The molecule has 0 saturated heterocycles. The Morgan fingerprint density at radius 3 is 2.71 bits per heavy atom. The molecule has 0 bridgehead atoms. The van der Waals surface area contributed by atoms with E-state index in [1.54, 1.807) is 0 Å². The lowest BCUT2D eigenvalue weighted by atomic mass is 10.1. The molecule has 0 spiro atoms. The van der Waals surface area contributed by atoms with E-state index in [-0.39, 0.29) is 6.54 Å². The highest BCUT2D eigenvalue weighted by atomic mass is 16.1. The van der Waals surface area contributed by atoms with E-state index in [4.69, 9.17) is 5.73 Å². The molecule has 0 radical (unpaired) electrons. The summed E-state index contributed by atoms with van der Waals surface area (Å²) in [5, 5.41) is 12.7. The lowest BCUT2D eigenvalue weighted by Gasteiger charge is -2.23. The van der Waals surface area contributed by atoms with Gasteiger partial charge >= 0.3 is 0 Å². The number of hydrogen-bond donors (Lipinski definition) is 2. The van der Waals surface area contributed by atoms with Crippen molar-refractivity contribution in [3.8, 4) is 6.07 Å². The van der Waals surface area contributed by atoms with E-state index in [0.29, 0.717) is 18.0 Å². The zero-order chi connectivity index (χ0) is 15.8. The number of rotatable bonds is 8. The number of likely N-dealkylation sites (N-methyl/N-ethyl adjacent to an activating group) is 1. The van der Waals surface area contributed by atoms with Gasteiger partial charge in [-0.1, -0.05) is 19.9 Å². The molecule has 0 heterocycles. The fourth-order valence-corrected chi connectivity index (χ4v) is 2.12. The number of benzene rings is 1. The van der Waals surface area contributed by atoms with Crippen molar-refractivity contribution in [1.29, 1.82) is 5.26 Å². The van der Waals surface area contributed by atoms with Gasteiger partial charge in [0.05, 0.1) is 17.8 Å². The molecule has 0 aliphatic rings. The van der Waals surface area contributed by atoms with Gasteiger partial charge in [-0.2, -0.15) is 5.26 Å². The van der Waals surface area contributed by atoms with E-state index in [1.165, 1.54) is 0 Å². The van der Waals surface area contributed by atoms with Gasteiger partial charge in [-0.25, -0.2) is 0 Å². The van der Waals surface area contributed by atoms with Crippen molar-refractivity contribution in [2.45, 2.75) is 27.3 Å². The predicted molar refractivity (Wildman–Crippen MR) is 84.8 cm³/mol. The molecule has 1 amide bonds. The molecule has 0 unspecified atom stereocenters. The number of hydrogen-bond acceptors (Lipinski definition) is 4. The highest BCUT2D eigenvalue weighted by Crippen LogP contribution is 2.21. The molecule has 114 valence electrons. The largest absolute Gasteiger partial charge is 0.368 e. The number of nitrogens with zero attached hydrogens (tertiary/aromatic N) is 2. The van der Waals surface area contributed by atoms with Crippen LogP contribution in [0.5, 0.6) is 0 Å². The van der Waals surface area contributed by atoms with Gasteiger partial charge in [0.1, 0.15) is 6.07 Å². The fourth-order valence-electron chi connectivity index (χ4n) is 2.12. The maximum Gasteiger partial charge on any atom is 0.236 e. The van der Waals surface area contributed by atoms with Crippen LogP contribution >= 0.6 is 0 Å². The van der Waals surface area contributed by atoms with Crippen molar-refractivity contribution in [2.75, 3.05) is 24.5 Å². The van der Waals surface area contributed by atoms with Gasteiger partial charge in [0, 0.05) is 13.1 Å². The van der Waals surface area contributed by atoms with E-state index < -0.39 is 5.91 Å². The van der Waals surface area contributed by atoms with Crippen LogP contribution in [0.3, 0.4) is 0 Å². The molecule has 0 atom stereocenters. The average molecular weight is 288 g/mol. The molecule has 3 N–H and O–H groups in total. The van der Waals surface area contributed by atoms with Crippen molar-refractivity contribution in [1.82, 2.24) is 5.32 Å². The summed E-state index contributed by atoms with van der Waals surface area (Å²) < 4.78 is 0. The summed E-state index contributed by atoms with van der Waals surface area (Å²) >= 11 is 0. The number of carbonyl (C=O) groups excluding carboxylic acids is 1. The second kappa shape index (κ2) is 8.28. The first-order valence-electron chi connectivity index (χ1n) is 7.24. The van der Waals surface area contributed by atoms with E-state index in [1.807, 2.05) is 30.0 Å². The first-order valence-corrected chi connectivity index (χ1v) is 7.24. The average Bonchev–Trinajstić information content (AvgIpc) is 2.44. The van der Waals surface area contributed by atoms with E-state index in [9.17, 15) is 10.1 Å². The molecule has 1 aromatic carbocycles. The molecular formula is C16H24N4O. The normalized spacial score (nSPS) is 10.4. The SMILES string of the molecule is CCN(CC(N)=O)c1ccc(CNCC(C)C)cc1C#N. The molecular weight excluding hydrogens is 264 g/mol. The van der Waals surface area contributed by atoms with Crippen LogP contribution < -0.4 is 16.0 Å². The van der Waals surface area contributed by atoms with Crippen LogP contribution in [-0.2, 0) is 11.3 Å². The fraction of sp³-hybridized carbons (Fsp3) is 0.500. The third-order valence-electron chi connectivity index (χ3n) is 3.13. The molecule has 0 fully saturated rings. The van der Waals surface area contributed by atoms with Crippen molar-refractivity contribution >= 4 is 11.6 Å². The summed E-state index contributed by atoms with van der Waals surface area (Å²) in [5.74, 6) is 0.189. The monoisotopic (exact) mass is 288 g/mol. The van der Waals surface area contributed by atoms with Crippen molar-refractivity contribution in [2.24, 2.45) is 11.7 Å². The summed E-state index contributed by atoms with van der Waals surface area (Å²) in [7, 11) is 0. The third kappa shape index (κ3) is 5.44. The molecule has 1 rings (SSSR count). The summed E-state index contributed by atoms with van der Waals surface area (Å²) in [6, 6.07) is 7.93. The van der Waals surface area contributed by atoms with Crippen LogP contribution in [-0.4, -0.2) is 25.5 Å². The van der Waals surface area contributed by atoms with Gasteiger partial charge in [0.2, 0.25) is 5.91 Å². The van der Waals surface area contributed by atoms with Crippen LogP contribution in [0, 0.1) is 17.2 Å². The molecule has 1 aromatic rings. The zero-order valence-corrected chi connectivity index (χ0v) is 13.0. The number of nitriles is 1. The molecule has 5 nitrogen and oxygen atoms in total. The zero-order valence-electron chi connectivity index (χ0n) is 13.0. The Hall–Kier alpha value is -2.06. The molecule has 0 aliphatic carbocycles. The molecule has 0 aromatic heterocycles. The number of primary amides is 1. The standard InChI is InChI=1S/C16H24N4O/c1-4-20(11-16(18)21)15-6-5-13(7-14(15)8-17)10-19-9-12(2)3/h5-7,12,19H,4,9-11H2,1-3H3,(H2,18,21). The summed E-state index contributed by atoms with van der Waals surface area (Å²) in [4.78, 5) is 12.9. The van der Waals surface area contributed by atoms with E-state index >= 15 is 0 Å². The Bertz CT molecular complexity index is 519. The second-order valence-corrected chi connectivity index (χ2v) is 5.47. The van der Waals surface area contributed by atoms with Crippen LogP contribution in [0.15, 0.2) is 18.2 Å². The van der Waals surface area contributed by atoms with Gasteiger partial charge in [-0.15, -0.1) is 0 Å². The number of nitrogens with two attached hydrogens (primary N) is 1. The first-order chi connectivity index (χ1) is 9.97. The van der Waals surface area contributed by atoms with Gasteiger partial charge in [0.25, 0.3) is 0 Å². The van der Waals surface area contributed by atoms with Gasteiger partial charge in [-0.3, -0.25) is 4.79 Å². The summed E-state index contributed by atoms with van der Waals surface area (Å²) in [6.07, 6.45) is 0. The maximum atomic E-state index is 11.1. The van der Waals surface area contributed by atoms with Crippen LogP contribution in [0.1, 0.15) is 31.9 Å². The van der Waals surface area contributed by atoms with Crippen LogP contribution in [0.25, 0.3) is 0 Å². The Kier molecular flexibility index (Phi) is 6.70. The molecule has 5 heteroatoms. The first kappa shape index (κ1) is 17.0. The Balaban J connectivity index is 2.88. The minimum absolute atomic E-state index is 0.121. The molecule has 21 heavy (non-hydrogen) atoms. The van der Waals surface area contributed by atoms with Crippen molar-refractivity contribution in [3.05, 3.63) is 29.3 Å². The number of amides is 1. The van der Waals surface area contributed by atoms with Crippen molar-refractivity contribution in [3.63, 3.8) is 0 Å². The van der Waals surface area contributed by atoms with Crippen LogP contribution in [0.2, 0.25) is 0 Å². The third-order valence-corrected chi connectivity index (χ3v) is 3.13. The quantitative estimate of drug-likeness (QED) is 0.761. The molecule has 0 aliphatic heterocycles. The molecule has 0 saturated carbocycles. The lowest BCUT2D eigenvalue weighted by molar-refractivity contribution is -0.116. The van der Waals surface area contributed by atoms with Crippen molar-refractivity contribution < 1.29 is 4.79 Å². The minimum atomic E-state index is -0.400. The Morgan fingerprint density at radius 1 is 1.48 bits per heavy atom. The number of anilines is 1. The smallest absolute Gasteiger partial charge is 0.236 e. The summed E-state index contributed by atoms with van der Waals surface area (Å²) in [5.41, 5.74) is 7.64. The van der Waals surface area contributed by atoms with Crippen LogP contribution in [0.4, 0.5) is 5.69 Å². The topological polar surface area (TPSA) is 82.2 Å². The maximum absolute atomic E-state index is 11.1.